The minimum atomic E-state index is 0.211. The van der Waals surface area contributed by atoms with E-state index in [0.29, 0.717) is 18.1 Å². The number of rotatable bonds is 3. The summed E-state index contributed by atoms with van der Waals surface area (Å²) in [5, 5.41) is 3.74. The fourth-order valence-corrected chi connectivity index (χ4v) is 1.77. The van der Waals surface area contributed by atoms with Crippen LogP contribution in [0.1, 0.15) is 24.8 Å². The van der Waals surface area contributed by atoms with Crippen molar-refractivity contribution in [1.29, 1.82) is 0 Å². The molecule has 2 rings (SSSR count). The van der Waals surface area contributed by atoms with E-state index >= 15 is 0 Å². The quantitative estimate of drug-likeness (QED) is 0.820. The van der Waals surface area contributed by atoms with E-state index in [2.05, 4.69) is 10.3 Å². The van der Waals surface area contributed by atoms with Crippen LogP contribution in [-0.2, 0) is 11.3 Å². The summed E-state index contributed by atoms with van der Waals surface area (Å²) in [5.41, 5.74) is 2.08. The lowest BCUT2D eigenvalue weighted by Gasteiger charge is -2.14. The van der Waals surface area contributed by atoms with Gasteiger partial charge in [0.2, 0.25) is 0 Å². The Hall–Kier alpha value is -1.35. The van der Waals surface area contributed by atoms with Crippen molar-refractivity contribution < 1.29 is 4.79 Å². The van der Waals surface area contributed by atoms with E-state index in [1.54, 1.807) is 18.3 Å². The lowest BCUT2D eigenvalue weighted by atomic mass is 10.0. The minimum Gasteiger partial charge on any atom is -0.384 e. The lowest BCUT2D eigenvalue weighted by Crippen LogP contribution is -2.17. The van der Waals surface area contributed by atoms with Crippen LogP contribution in [0.2, 0.25) is 5.15 Å². The van der Waals surface area contributed by atoms with Crippen molar-refractivity contribution in [3.05, 3.63) is 40.8 Å². The van der Waals surface area contributed by atoms with Crippen molar-refractivity contribution >= 4 is 17.4 Å². The maximum Gasteiger partial charge on any atom is 0.157 e. The molecule has 0 fully saturated rings. The molecule has 0 amide bonds. The monoisotopic (exact) mass is 236 g/mol. The minimum absolute atomic E-state index is 0.211. The first kappa shape index (κ1) is 11.1. The highest BCUT2D eigenvalue weighted by atomic mass is 35.5. The molecule has 1 aliphatic rings. The van der Waals surface area contributed by atoms with Crippen LogP contribution in [0.25, 0.3) is 0 Å². The summed E-state index contributed by atoms with van der Waals surface area (Å²) in [6.45, 7) is 0.684. The van der Waals surface area contributed by atoms with Gasteiger partial charge in [0.25, 0.3) is 0 Å². The van der Waals surface area contributed by atoms with Crippen LogP contribution in [0.3, 0.4) is 0 Å². The molecular formula is C12H13ClN2O. The summed E-state index contributed by atoms with van der Waals surface area (Å²) in [7, 11) is 0. The lowest BCUT2D eigenvalue weighted by molar-refractivity contribution is -0.115. The third kappa shape index (κ3) is 3.07. The molecule has 84 valence electrons. The van der Waals surface area contributed by atoms with E-state index in [4.69, 9.17) is 11.6 Å². The molecule has 0 radical (unpaired) electrons. The summed E-state index contributed by atoms with van der Waals surface area (Å²) in [5.74, 6) is 0.211. The number of halogens is 1. The normalized spacial score (nSPS) is 15.8. The van der Waals surface area contributed by atoms with Crippen molar-refractivity contribution in [3.8, 4) is 0 Å². The second kappa shape index (κ2) is 5.12. The molecule has 0 atom stereocenters. The zero-order chi connectivity index (χ0) is 11.4. The molecule has 1 aromatic heterocycles. The highest BCUT2D eigenvalue weighted by molar-refractivity contribution is 6.29. The van der Waals surface area contributed by atoms with Gasteiger partial charge in [-0.2, -0.15) is 0 Å². The van der Waals surface area contributed by atoms with Crippen LogP contribution in [0.15, 0.2) is 30.1 Å². The van der Waals surface area contributed by atoms with Crippen LogP contribution in [0.5, 0.6) is 0 Å². The summed E-state index contributed by atoms with van der Waals surface area (Å²) in [4.78, 5) is 15.2. The molecule has 4 heteroatoms. The smallest absolute Gasteiger partial charge is 0.157 e. The molecule has 0 unspecified atom stereocenters. The van der Waals surface area contributed by atoms with Gasteiger partial charge in [-0.25, -0.2) is 4.98 Å². The third-order valence-corrected chi connectivity index (χ3v) is 2.74. The first-order valence-corrected chi connectivity index (χ1v) is 5.69. The van der Waals surface area contributed by atoms with Crippen molar-refractivity contribution in [1.82, 2.24) is 10.3 Å². The number of nitrogens with one attached hydrogen (secondary N) is 1. The molecule has 0 saturated heterocycles. The van der Waals surface area contributed by atoms with Gasteiger partial charge in [0, 0.05) is 30.9 Å². The average Bonchev–Trinajstić information content (AvgIpc) is 2.28. The number of hydrogen-bond acceptors (Lipinski definition) is 3. The summed E-state index contributed by atoms with van der Waals surface area (Å²) in [6.07, 6.45) is 6.00. The van der Waals surface area contributed by atoms with Crippen molar-refractivity contribution in [2.45, 2.75) is 25.8 Å². The van der Waals surface area contributed by atoms with Gasteiger partial charge in [-0.3, -0.25) is 4.79 Å². The Morgan fingerprint density at radius 2 is 2.25 bits per heavy atom. The van der Waals surface area contributed by atoms with E-state index in [9.17, 15) is 4.79 Å². The molecule has 0 aromatic carbocycles. The van der Waals surface area contributed by atoms with E-state index in [0.717, 1.165) is 24.1 Å². The van der Waals surface area contributed by atoms with Gasteiger partial charge >= 0.3 is 0 Å². The Kier molecular flexibility index (Phi) is 3.57. The van der Waals surface area contributed by atoms with Crippen molar-refractivity contribution in [3.63, 3.8) is 0 Å². The van der Waals surface area contributed by atoms with E-state index in [1.807, 2.05) is 6.07 Å². The molecule has 3 nitrogen and oxygen atoms in total. The maximum absolute atomic E-state index is 11.2. The molecule has 1 heterocycles. The molecule has 1 N–H and O–H groups in total. The maximum atomic E-state index is 11.2. The zero-order valence-corrected chi connectivity index (χ0v) is 9.63. The van der Waals surface area contributed by atoms with Crippen LogP contribution in [0, 0.1) is 0 Å². The number of carbonyl (C=O) groups is 1. The highest BCUT2D eigenvalue weighted by Gasteiger charge is 2.09. The number of pyridine rings is 1. The number of hydrogen-bond donors (Lipinski definition) is 1. The SMILES string of the molecule is O=C1C=C(NCc2ccc(Cl)nc2)CCC1. The summed E-state index contributed by atoms with van der Waals surface area (Å²) < 4.78 is 0. The van der Waals surface area contributed by atoms with E-state index < -0.39 is 0 Å². The Labute approximate surface area is 99.5 Å². The van der Waals surface area contributed by atoms with Gasteiger partial charge < -0.3 is 5.32 Å². The van der Waals surface area contributed by atoms with Crippen molar-refractivity contribution in [2.75, 3.05) is 0 Å². The standard InChI is InChI=1S/C12H13ClN2O/c13-12-5-4-9(8-15-12)7-14-10-2-1-3-11(16)6-10/h4-6,8,14H,1-3,7H2. The first-order chi connectivity index (χ1) is 7.74. The molecular weight excluding hydrogens is 224 g/mol. The second-order valence-corrected chi connectivity index (χ2v) is 4.22. The molecule has 16 heavy (non-hydrogen) atoms. The number of allylic oxidation sites excluding steroid dienone is 2. The fourth-order valence-electron chi connectivity index (χ4n) is 1.66. The molecule has 0 bridgehead atoms. The highest BCUT2D eigenvalue weighted by Crippen LogP contribution is 2.13. The molecule has 0 saturated carbocycles. The van der Waals surface area contributed by atoms with Gasteiger partial charge in [-0.1, -0.05) is 17.7 Å². The van der Waals surface area contributed by atoms with E-state index in [-0.39, 0.29) is 5.78 Å². The molecule has 1 aromatic rings. The molecule has 0 aliphatic heterocycles. The predicted octanol–water partition coefficient (Wildman–Crippen LogP) is 2.46. The second-order valence-electron chi connectivity index (χ2n) is 3.83. The van der Waals surface area contributed by atoms with Gasteiger partial charge in [0.1, 0.15) is 5.15 Å². The Morgan fingerprint density at radius 1 is 1.38 bits per heavy atom. The number of nitrogens with zero attached hydrogens (tertiary/aromatic N) is 1. The van der Waals surface area contributed by atoms with Crippen LogP contribution < -0.4 is 5.32 Å². The first-order valence-electron chi connectivity index (χ1n) is 5.32. The third-order valence-electron chi connectivity index (χ3n) is 2.51. The summed E-state index contributed by atoms with van der Waals surface area (Å²) >= 11 is 5.69. The largest absolute Gasteiger partial charge is 0.384 e. The molecule has 0 spiro atoms. The van der Waals surface area contributed by atoms with Crippen LogP contribution in [0.4, 0.5) is 0 Å². The summed E-state index contributed by atoms with van der Waals surface area (Å²) in [6, 6.07) is 3.69. The van der Waals surface area contributed by atoms with Gasteiger partial charge in [-0.05, 0) is 24.5 Å². The van der Waals surface area contributed by atoms with Gasteiger partial charge in [0.05, 0.1) is 0 Å². The number of carbonyl (C=O) groups excluding carboxylic acids is 1. The van der Waals surface area contributed by atoms with E-state index in [1.165, 1.54) is 0 Å². The Balaban J connectivity index is 1.92. The fraction of sp³-hybridized carbons (Fsp3) is 0.333. The van der Waals surface area contributed by atoms with Gasteiger partial charge in [0.15, 0.2) is 5.78 Å². The predicted molar refractivity (Wildman–Crippen MR) is 63.0 cm³/mol. The van der Waals surface area contributed by atoms with Gasteiger partial charge in [-0.15, -0.1) is 0 Å². The van der Waals surface area contributed by atoms with Crippen LogP contribution in [-0.4, -0.2) is 10.8 Å². The van der Waals surface area contributed by atoms with Crippen LogP contribution >= 0.6 is 11.6 Å². The number of aromatic nitrogens is 1. The number of ketones is 1. The zero-order valence-electron chi connectivity index (χ0n) is 8.87. The Bertz CT molecular complexity index is 412. The average molecular weight is 237 g/mol. The Morgan fingerprint density at radius 3 is 2.94 bits per heavy atom. The van der Waals surface area contributed by atoms with Crippen molar-refractivity contribution in [2.24, 2.45) is 0 Å². The topological polar surface area (TPSA) is 42.0 Å². The molecule has 1 aliphatic carbocycles.